The molecule has 0 fully saturated rings. The van der Waals surface area contributed by atoms with Gasteiger partial charge in [0.15, 0.2) is 0 Å². The number of hydrogen-bond acceptors (Lipinski definition) is 3. The van der Waals surface area contributed by atoms with Crippen molar-refractivity contribution >= 4 is 11.7 Å². The van der Waals surface area contributed by atoms with Gasteiger partial charge in [0.25, 0.3) is 5.91 Å². The smallest absolute Gasteiger partial charge is 0.251 e. The fourth-order valence-corrected chi connectivity index (χ4v) is 1.86. The normalized spacial score (nSPS) is 12.8. The van der Waals surface area contributed by atoms with E-state index in [1.165, 1.54) is 7.11 Å². The SMILES string of the molecule is COCC(=O)Nc1ccnn1C(C)CC(C)C. The van der Waals surface area contributed by atoms with Gasteiger partial charge < -0.3 is 10.1 Å². The maximum absolute atomic E-state index is 11.4. The molecule has 0 saturated heterocycles. The van der Waals surface area contributed by atoms with Gasteiger partial charge in [-0.05, 0) is 19.3 Å². The van der Waals surface area contributed by atoms with Crippen LogP contribution in [0.3, 0.4) is 0 Å². The molecule has 0 aliphatic heterocycles. The molecule has 1 unspecified atom stereocenters. The summed E-state index contributed by atoms with van der Waals surface area (Å²) in [5.74, 6) is 1.16. The molecule has 5 heteroatoms. The molecule has 1 aromatic rings. The summed E-state index contributed by atoms with van der Waals surface area (Å²) in [6, 6.07) is 2.06. The first-order chi connectivity index (χ1) is 8.04. The third-order valence-electron chi connectivity index (χ3n) is 2.44. The number of anilines is 1. The first-order valence-corrected chi connectivity index (χ1v) is 5.87. The number of nitrogens with zero attached hydrogens (tertiary/aromatic N) is 2. The molecule has 1 atom stereocenters. The average molecular weight is 239 g/mol. The lowest BCUT2D eigenvalue weighted by Gasteiger charge is -2.17. The van der Waals surface area contributed by atoms with E-state index < -0.39 is 0 Å². The minimum atomic E-state index is -0.161. The third kappa shape index (κ3) is 4.19. The third-order valence-corrected chi connectivity index (χ3v) is 2.44. The van der Waals surface area contributed by atoms with E-state index in [0.29, 0.717) is 5.92 Å². The number of methoxy groups -OCH3 is 1. The second-order valence-electron chi connectivity index (χ2n) is 4.62. The van der Waals surface area contributed by atoms with Crippen LogP contribution in [0.1, 0.15) is 33.2 Å². The minimum Gasteiger partial charge on any atom is -0.375 e. The molecule has 1 amide bonds. The number of amides is 1. The van der Waals surface area contributed by atoms with Crippen LogP contribution in [0, 0.1) is 5.92 Å². The molecule has 1 heterocycles. The second-order valence-corrected chi connectivity index (χ2v) is 4.62. The van der Waals surface area contributed by atoms with Crippen molar-refractivity contribution in [1.82, 2.24) is 9.78 Å². The standard InChI is InChI=1S/C12H21N3O2/c1-9(2)7-10(3)15-11(5-6-13-15)14-12(16)8-17-4/h5-6,9-10H,7-8H2,1-4H3,(H,14,16). The number of rotatable bonds is 6. The van der Waals surface area contributed by atoms with Crippen LogP contribution in [0.2, 0.25) is 0 Å². The van der Waals surface area contributed by atoms with E-state index in [1.54, 1.807) is 12.3 Å². The van der Waals surface area contributed by atoms with Crippen molar-refractivity contribution < 1.29 is 9.53 Å². The van der Waals surface area contributed by atoms with Crippen LogP contribution in [-0.4, -0.2) is 29.4 Å². The van der Waals surface area contributed by atoms with E-state index in [1.807, 2.05) is 4.68 Å². The highest BCUT2D eigenvalue weighted by molar-refractivity contribution is 5.90. The zero-order valence-corrected chi connectivity index (χ0v) is 10.9. The number of carbonyl (C=O) groups excluding carboxylic acids is 1. The van der Waals surface area contributed by atoms with Crippen LogP contribution in [0.4, 0.5) is 5.82 Å². The van der Waals surface area contributed by atoms with E-state index in [4.69, 9.17) is 4.74 Å². The molecule has 96 valence electrons. The summed E-state index contributed by atoms with van der Waals surface area (Å²) in [5.41, 5.74) is 0. The van der Waals surface area contributed by atoms with Gasteiger partial charge in [-0.3, -0.25) is 4.79 Å². The fourth-order valence-electron chi connectivity index (χ4n) is 1.86. The molecular formula is C12H21N3O2. The van der Waals surface area contributed by atoms with Crippen molar-refractivity contribution in [3.63, 3.8) is 0 Å². The summed E-state index contributed by atoms with van der Waals surface area (Å²) >= 11 is 0. The van der Waals surface area contributed by atoms with Gasteiger partial charge in [-0.25, -0.2) is 4.68 Å². The molecule has 0 saturated carbocycles. The van der Waals surface area contributed by atoms with Gasteiger partial charge in [0.1, 0.15) is 12.4 Å². The average Bonchev–Trinajstić information content (AvgIpc) is 2.65. The highest BCUT2D eigenvalue weighted by Crippen LogP contribution is 2.20. The fraction of sp³-hybridized carbons (Fsp3) is 0.667. The van der Waals surface area contributed by atoms with Crippen LogP contribution in [0.25, 0.3) is 0 Å². The molecule has 17 heavy (non-hydrogen) atoms. The summed E-state index contributed by atoms with van der Waals surface area (Å²) < 4.78 is 6.62. The van der Waals surface area contributed by atoms with E-state index in [9.17, 15) is 4.79 Å². The largest absolute Gasteiger partial charge is 0.375 e. The number of carbonyl (C=O) groups is 1. The highest BCUT2D eigenvalue weighted by Gasteiger charge is 2.13. The molecule has 1 aromatic heterocycles. The van der Waals surface area contributed by atoms with Gasteiger partial charge in [-0.2, -0.15) is 5.10 Å². The van der Waals surface area contributed by atoms with Crippen LogP contribution < -0.4 is 5.32 Å². The molecule has 0 radical (unpaired) electrons. The summed E-state index contributed by atoms with van der Waals surface area (Å²) in [6.07, 6.45) is 2.72. The first-order valence-electron chi connectivity index (χ1n) is 5.87. The van der Waals surface area contributed by atoms with Gasteiger partial charge in [-0.1, -0.05) is 13.8 Å². The Morgan fingerprint density at radius 3 is 2.82 bits per heavy atom. The molecular weight excluding hydrogens is 218 g/mol. The zero-order chi connectivity index (χ0) is 12.8. The Balaban J connectivity index is 2.68. The molecule has 1 N–H and O–H groups in total. The molecule has 5 nitrogen and oxygen atoms in total. The lowest BCUT2D eigenvalue weighted by molar-refractivity contribution is -0.119. The summed E-state index contributed by atoms with van der Waals surface area (Å²) in [7, 11) is 1.50. The van der Waals surface area contributed by atoms with Crippen molar-refractivity contribution in [2.45, 2.75) is 33.2 Å². The lowest BCUT2D eigenvalue weighted by atomic mass is 10.1. The van der Waals surface area contributed by atoms with Crippen molar-refractivity contribution in [3.8, 4) is 0 Å². The van der Waals surface area contributed by atoms with Crippen LogP contribution in [-0.2, 0) is 9.53 Å². The number of nitrogens with one attached hydrogen (secondary N) is 1. The first kappa shape index (κ1) is 13.7. The Hall–Kier alpha value is -1.36. The van der Waals surface area contributed by atoms with E-state index in [0.717, 1.165) is 12.2 Å². The molecule has 0 spiro atoms. The lowest BCUT2D eigenvalue weighted by Crippen LogP contribution is -2.21. The maximum atomic E-state index is 11.4. The molecule has 0 bridgehead atoms. The Morgan fingerprint density at radius 2 is 2.24 bits per heavy atom. The van der Waals surface area contributed by atoms with Gasteiger partial charge in [0.2, 0.25) is 0 Å². The van der Waals surface area contributed by atoms with Crippen molar-refractivity contribution in [3.05, 3.63) is 12.3 Å². The second kappa shape index (κ2) is 6.39. The van der Waals surface area contributed by atoms with Gasteiger partial charge >= 0.3 is 0 Å². The molecule has 0 aliphatic carbocycles. The van der Waals surface area contributed by atoms with Crippen molar-refractivity contribution in [2.24, 2.45) is 5.92 Å². The van der Waals surface area contributed by atoms with E-state index in [2.05, 4.69) is 31.2 Å². The zero-order valence-electron chi connectivity index (χ0n) is 10.9. The molecule has 0 aliphatic rings. The van der Waals surface area contributed by atoms with Gasteiger partial charge in [0.05, 0.1) is 12.2 Å². The summed E-state index contributed by atoms with van der Waals surface area (Å²) in [5, 5.41) is 7.03. The minimum absolute atomic E-state index is 0.0593. The van der Waals surface area contributed by atoms with Gasteiger partial charge in [0, 0.05) is 13.2 Å². The summed E-state index contributed by atoms with van der Waals surface area (Å²) in [4.78, 5) is 11.4. The number of ether oxygens (including phenoxy) is 1. The van der Waals surface area contributed by atoms with Crippen LogP contribution in [0.15, 0.2) is 12.3 Å². The van der Waals surface area contributed by atoms with Crippen LogP contribution in [0.5, 0.6) is 0 Å². The molecule has 1 rings (SSSR count). The predicted molar refractivity (Wildman–Crippen MR) is 66.9 cm³/mol. The topological polar surface area (TPSA) is 56.1 Å². The quantitative estimate of drug-likeness (QED) is 0.826. The van der Waals surface area contributed by atoms with E-state index >= 15 is 0 Å². The summed E-state index contributed by atoms with van der Waals surface area (Å²) in [6.45, 7) is 6.50. The Bertz CT molecular complexity index is 360. The Morgan fingerprint density at radius 1 is 1.53 bits per heavy atom. The van der Waals surface area contributed by atoms with Crippen LogP contribution >= 0.6 is 0 Å². The maximum Gasteiger partial charge on any atom is 0.251 e. The van der Waals surface area contributed by atoms with Crippen molar-refractivity contribution in [2.75, 3.05) is 19.0 Å². The monoisotopic (exact) mass is 239 g/mol. The van der Waals surface area contributed by atoms with E-state index in [-0.39, 0.29) is 18.6 Å². The van der Waals surface area contributed by atoms with Crippen molar-refractivity contribution in [1.29, 1.82) is 0 Å². The molecule has 0 aromatic carbocycles. The Kier molecular flexibility index (Phi) is 5.15. The highest BCUT2D eigenvalue weighted by atomic mass is 16.5. The van der Waals surface area contributed by atoms with Gasteiger partial charge in [-0.15, -0.1) is 0 Å². The predicted octanol–water partition coefficient (Wildman–Crippen LogP) is 2.08. The number of aromatic nitrogens is 2. The Labute approximate surface area is 102 Å². The number of hydrogen-bond donors (Lipinski definition) is 1.